The molecule has 5 nitrogen and oxygen atoms in total. The number of benzene rings is 2. The smallest absolute Gasteiger partial charge is 0.0660 e. The average molecular weight is 480 g/mol. The van der Waals surface area contributed by atoms with Crippen molar-refractivity contribution >= 4 is 34.9 Å². The number of likely N-dealkylation sites (N-methyl/N-ethyl adjacent to an activating group) is 1. The average Bonchev–Trinajstić information content (AvgIpc) is 2.94. The summed E-state index contributed by atoms with van der Waals surface area (Å²) >= 11 is 0. The molecule has 2 aromatic carbocycles. The van der Waals surface area contributed by atoms with Crippen molar-refractivity contribution in [2.75, 3.05) is 65.9 Å². The summed E-state index contributed by atoms with van der Waals surface area (Å²) in [5.74, 6) is 0. The van der Waals surface area contributed by atoms with Crippen molar-refractivity contribution in [2.45, 2.75) is 19.9 Å². The second-order valence-corrected chi connectivity index (χ2v) is 9.51. The predicted octanol–water partition coefficient (Wildman–Crippen LogP) is 5.80. The fraction of sp³-hybridized carbons (Fsp3) is 0.323. The van der Waals surface area contributed by atoms with E-state index < -0.39 is 0 Å². The molecule has 3 heterocycles. The third kappa shape index (κ3) is 5.11. The molecule has 1 unspecified atom stereocenters. The van der Waals surface area contributed by atoms with Crippen LogP contribution in [0.25, 0.3) is 12.2 Å². The zero-order valence-corrected chi connectivity index (χ0v) is 21.7. The van der Waals surface area contributed by atoms with Gasteiger partial charge in [0.1, 0.15) is 0 Å². The van der Waals surface area contributed by atoms with Crippen molar-refractivity contribution < 1.29 is 0 Å². The molecule has 0 amide bonds. The van der Waals surface area contributed by atoms with Gasteiger partial charge in [0.15, 0.2) is 0 Å². The summed E-state index contributed by atoms with van der Waals surface area (Å²) in [6, 6.07) is 20.2. The minimum Gasteiger partial charge on any atom is -0.372 e. The molecule has 5 rings (SSSR count). The summed E-state index contributed by atoms with van der Waals surface area (Å²) in [5, 5.41) is 0. The Morgan fingerprint density at radius 3 is 2.19 bits per heavy atom. The topological polar surface area (TPSA) is 25.9 Å². The molecule has 36 heavy (non-hydrogen) atoms. The number of piperazine rings is 1. The van der Waals surface area contributed by atoms with Crippen LogP contribution in [-0.4, -0.2) is 57.3 Å². The third-order valence-electron chi connectivity index (χ3n) is 7.49. The number of hydrogen-bond acceptors (Lipinski definition) is 5. The van der Waals surface area contributed by atoms with E-state index in [4.69, 9.17) is 0 Å². The van der Waals surface area contributed by atoms with E-state index in [0.29, 0.717) is 0 Å². The lowest BCUT2D eigenvalue weighted by molar-refractivity contribution is 0.653. The second-order valence-electron chi connectivity index (χ2n) is 9.51. The van der Waals surface area contributed by atoms with Gasteiger partial charge in [0.05, 0.1) is 6.04 Å². The molecule has 0 spiro atoms. The first kappa shape index (κ1) is 24.0. The lowest BCUT2D eigenvalue weighted by Crippen LogP contribution is -2.46. The van der Waals surface area contributed by atoms with Crippen LogP contribution in [0.3, 0.4) is 0 Å². The lowest BCUT2D eigenvalue weighted by atomic mass is 10.0. The van der Waals surface area contributed by atoms with Gasteiger partial charge in [0, 0.05) is 81.5 Å². The number of aromatic nitrogens is 1. The summed E-state index contributed by atoms with van der Waals surface area (Å²) in [4.78, 5) is 13.9. The van der Waals surface area contributed by atoms with Gasteiger partial charge in [-0.15, -0.1) is 0 Å². The van der Waals surface area contributed by atoms with Crippen molar-refractivity contribution in [1.82, 2.24) is 4.98 Å². The van der Waals surface area contributed by atoms with E-state index in [1.807, 2.05) is 12.4 Å². The first-order valence-electron chi connectivity index (χ1n) is 13.1. The molecule has 0 N–H and O–H groups in total. The standard InChI is InChI=1S/C31H37N5/c1-4-34(5-2)28-12-7-25(8-13-28)6-11-27-14-9-26-10-15-30(24-31(26)33(27)3)36-22-20-35(21-23-36)29-16-18-32-19-17-29/h6-19,24,27H,4-5,20-23H2,1-3H3. The van der Waals surface area contributed by atoms with Crippen LogP contribution < -0.4 is 19.6 Å². The molecule has 2 aliphatic heterocycles. The van der Waals surface area contributed by atoms with E-state index in [0.717, 1.165) is 39.3 Å². The number of pyridine rings is 1. The lowest BCUT2D eigenvalue weighted by Gasteiger charge is -2.38. The minimum absolute atomic E-state index is 0.235. The van der Waals surface area contributed by atoms with Crippen LogP contribution in [0.5, 0.6) is 0 Å². The molecule has 1 saturated heterocycles. The summed E-state index contributed by atoms with van der Waals surface area (Å²) in [5.41, 5.74) is 7.66. The van der Waals surface area contributed by atoms with Crippen molar-refractivity contribution in [1.29, 1.82) is 0 Å². The first-order valence-corrected chi connectivity index (χ1v) is 13.1. The molecule has 0 saturated carbocycles. The van der Waals surface area contributed by atoms with Crippen molar-refractivity contribution in [2.24, 2.45) is 0 Å². The molecule has 5 heteroatoms. The predicted molar refractivity (Wildman–Crippen MR) is 155 cm³/mol. The van der Waals surface area contributed by atoms with Gasteiger partial charge in [0.25, 0.3) is 0 Å². The Kier molecular flexibility index (Phi) is 7.26. The van der Waals surface area contributed by atoms with Gasteiger partial charge in [-0.1, -0.05) is 42.5 Å². The molecule has 1 aromatic heterocycles. The molecule has 0 bridgehead atoms. The number of rotatable bonds is 7. The van der Waals surface area contributed by atoms with Crippen molar-refractivity contribution in [3.05, 3.63) is 90.3 Å². The molecule has 186 valence electrons. The Balaban J connectivity index is 1.25. The molecule has 3 aromatic rings. The van der Waals surface area contributed by atoms with Crippen molar-refractivity contribution in [3.63, 3.8) is 0 Å². The maximum atomic E-state index is 4.15. The highest BCUT2D eigenvalue weighted by Crippen LogP contribution is 2.33. The van der Waals surface area contributed by atoms with Gasteiger partial charge in [0.2, 0.25) is 0 Å². The SMILES string of the molecule is CCN(CC)c1ccc(C=CC2C=Cc3ccc(N4CCN(c5ccncc5)CC4)cc3N2C)cc1. The third-order valence-corrected chi connectivity index (χ3v) is 7.49. The summed E-state index contributed by atoms with van der Waals surface area (Å²) < 4.78 is 0. The van der Waals surface area contributed by atoms with Crippen LogP contribution >= 0.6 is 0 Å². The summed E-state index contributed by atoms with van der Waals surface area (Å²) in [6.07, 6.45) is 12.8. The Morgan fingerprint density at radius 1 is 0.861 bits per heavy atom. The highest BCUT2D eigenvalue weighted by atomic mass is 15.3. The first-order chi connectivity index (χ1) is 17.7. The molecular formula is C31H37N5. The van der Waals surface area contributed by atoms with Gasteiger partial charge in [-0.3, -0.25) is 4.98 Å². The number of fused-ring (bicyclic) bond motifs is 1. The maximum Gasteiger partial charge on any atom is 0.0660 e. The van der Waals surface area contributed by atoms with Gasteiger partial charge < -0.3 is 19.6 Å². The van der Waals surface area contributed by atoms with E-state index in [-0.39, 0.29) is 6.04 Å². The minimum atomic E-state index is 0.235. The maximum absolute atomic E-state index is 4.15. The normalized spacial score (nSPS) is 17.5. The summed E-state index contributed by atoms with van der Waals surface area (Å²) in [7, 11) is 2.20. The van der Waals surface area contributed by atoms with Crippen LogP contribution in [0.15, 0.2) is 79.1 Å². The van der Waals surface area contributed by atoms with Crippen LogP contribution in [0.2, 0.25) is 0 Å². The monoisotopic (exact) mass is 479 g/mol. The quantitative estimate of drug-likeness (QED) is 0.427. The van der Waals surface area contributed by atoms with Gasteiger partial charge in [-0.25, -0.2) is 0 Å². The highest BCUT2D eigenvalue weighted by molar-refractivity contribution is 5.77. The van der Waals surface area contributed by atoms with E-state index >= 15 is 0 Å². The largest absolute Gasteiger partial charge is 0.372 e. The Morgan fingerprint density at radius 2 is 1.53 bits per heavy atom. The number of anilines is 4. The van der Waals surface area contributed by atoms with E-state index in [2.05, 4.69) is 124 Å². The van der Waals surface area contributed by atoms with Crippen LogP contribution in [-0.2, 0) is 0 Å². The second kappa shape index (κ2) is 10.9. The molecule has 0 radical (unpaired) electrons. The van der Waals surface area contributed by atoms with Gasteiger partial charge in [-0.05, 0) is 61.4 Å². The van der Waals surface area contributed by atoms with Crippen LogP contribution in [0, 0.1) is 0 Å². The van der Waals surface area contributed by atoms with E-state index in [9.17, 15) is 0 Å². The highest BCUT2D eigenvalue weighted by Gasteiger charge is 2.21. The van der Waals surface area contributed by atoms with E-state index in [1.165, 1.54) is 33.9 Å². The Bertz CT molecular complexity index is 1190. The summed E-state index contributed by atoms with van der Waals surface area (Å²) in [6.45, 7) is 10.6. The number of nitrogens with zero attached hydrogens (tertiary/aromatic N) is 5. The van der Waals surface area contributed by atoms with Gasteiger partial charge >= 0.3 is 0 Å². The molecule has 0 aliphatic carbocycles. The van der Waals surface area contributed by atoms with Crippen LogP contribution in [0.1, 0.15) is 25.0 Å². The molecule has 2 aliphatic rings. The fourth-order valence-corrected chi connectivity index (χ4v) is 5.23. The molecule has 1 atom stereocenters. The Labute approximate surface area is 216 Å². The zero-order chi connectivity index (χ0) is 24.9. The van der Waals surface area contributed by atoms with Crippen molar-refractivity contribution in [3.8, 4) is 0 Å². The molecule has 1 fully saturated rings. The van der Waals surface area contributed by atoms with Crippen LogP contribution in [0.4, 0.5) is 22.7 Å². The Hall–Kier alpha value is -3.73. The zero-order valence-electron chi connectivity index (χ0n) is 21.7. The van der Waals surface area contributed by atoms with E-state index in [1.54, 1.807) is 0 Å². The van der Waals surface area contributed by atoms with Gasteiger partial charge in [-0.2, -0.15) is 0 Å². The fourth-order valence-electron chi connectivity index (χ4n) is 5.23. The number of hydrogen-bond donors (Lipinski definition) is 0. The molecular weight excluding hydrogens is 442 g/mol.